The van der Waals surface area contributed by atoms with E-state index in [0.717, 1.165) is 27.7 Å². The summed E-state index contributed by atoms with van der Waals surface area (Å²) in [5.74, 6) is 2.00. The van der Waals surface area contributed by atoms with Gasteiger partial charge in [-0.2, -0.15) is 0 Å². The number of benzene rings is 4. The number of rotatable bonds is 2. The van der Waals surface area contributed by atoms with Gasteiger partial charge in [0, 0.05) is 12.4 Å². The van der Waals surface area contributed by atoms with Crippen LogP contribution in [0.2, 0.25) is 0 Å². The van der Waals surface area contributed by atoms with Crippen LogP contribution in [-0.2, 0) is 0 Å². The zero-order valence-corrected chi connectivity index (χ0v) is 18.0. The fourth-order valence-electron chi connectivity index (χ4n) is 4.48. The fraction of sp³-hybridized carbons (Fsp3) is 0. The van der Waals surface area contributed by atoms with E-state index >= 15 is 0 Å². The Balaban J connectivity index is 1.34. The molecule has 5 nitrogen and oxygen atoms in total. The first-order valence-electron chi connectivity index (χ1n) is 11.0. The largest absolute Gasteiger partial charge is 0.431 e. The number of aromatic nitrogens is 3. The Morgan fingerprint density at radius 2 is 1.09 bits per heavy atom. The quantitative estimate of drug-likeness (QED) is 0.281. The second-order valence-corrected chi connectivity index (χ2v) is 8.13. The fourth-order valence-corrected chi connectivity index (χ4v) is 4.48. The standard InChI is InChI=1S/C29H17N3O2/c1-2-6-23-21(11-10-20(22(23)5-1)18-13-15-30-16-14-18)19-9-12-26-27(17-19)34-29-28(33-26)31-24-7-3-4-8-25(24)32-29/h1-17H. The van der Waals surface area contributed by atoms with Gasteiger partial charge in [0.1, 0.15) is 0 Å². The molecule has 1 aliphatic heterocycles. The summed E-state index contributed by atoms with van der Waals surface area (Å²) in [6.07, 6.45) is 3.64. The van der Waals surface area contributed by atoms with Crippen molar-refractivity contribution in [3.8, 4) is 45.5 Å². The minimum absolute atomic E-state index is 0.376. The van der Waals surface area contributed by atoms with Gasteiger partial charge >= 0.3 is 0 Å². The summed E-state index contributed by atoms with van der Waals surface area (Å²) in [7, 11) is 0. The van der Waals surface area contributed by atoms with Gasteiger partial charge < -0.3 is 9.47 Å². The van der Waals surface area contributed by atoms with Gasteiger partial charge in [0.15, 0.2) is 11.5 Å². The molecule has 34 heavy (non-hydrogen) atoms. The number of pyridine rings is 1. The molecule has 160 valence electrons. The van der Waals surface area contributed by atoms with Crippen LogP contribution in [0.3, 0.4) is 0 Å². The lowest BCUT2D eigenvalue weighted by molar-refractivity contribution is 0.339. The van der Waals surface area contributed by atoms with Gasteiger partial charge in [-0.25, -0.2) is 9.97 Å². The summed E-state index contributed by atoms with van der Waals surface area (Å²) in [6, 6.07) is 30.5. The number of hydrogen-bond acceptors (Lipinski definition) is 5. The number of fused-ring (bicyclic) bond motifs is 4. The topological polar surface area (TPSA) is 57.1 Å². The molecule has 1 aliphatic rings. The summed E-state index contributed by atoms with van der Waals surface area (Å²) in [5, 5.41) is 2.35. The molecule has 0 aliphatic carbocycles. The van der Waals surface area contributed by atoms with Crippen molar-refractivity contribution < 1.29 is 9.47 Å². The van der Waals surface area contributed by atoms with Crippen LogP contribution in [0.5, 0.6) is 23.3 Å². The van der Waals surface area contributed by atoms with Crippen LogP contribution in [0.4, 0.5) is 0 Å². The molecule has 0 amide bonds. The van der Waals surface area contributed by atoms with Crippen LogP contribution in [0.25, 0.3) is 44.1 Å². The molecule has 5 heteroatoms. The summed E-state index contributed by atoms with van der Waals surface area (Å²) in [6.45, 7) is 0. The predicted molar refractivity (Wildman–Crippen MR) is 132 cm³/mol. The third-order valence-electron chi connectivity index (χ3n) is 6.09. The van der Waals surface area contributed by atoms with Gasteiger partial charge in [0.05, 0.1) is 11.0 Å². The Morgan fingerprint density at radius 1 is 0.500 bits per heavy atom. The molecular weight excluding hydrogens is 422 g/mol. The van der Waals surface area contributed by atoms with Crippen LogP contribution in [0, 0.1) is 0 Å². The second kappa shape index (κ2) is 7.39. The van der Waals surface area contributed by atoms with Crippen molar-refractivity contribution in [2.24, 2.45) is 0 Å². The highest BCUT2D eigenvalue weighted by Crippen LogP contribution is 2.46. The van der Waals surface area contributed by atoms with E-state index in [9.17, 15) is 0 Å². The lowest BCUT2D eigenvalue weighted by Gasteiger charge is -2.20. The van der Waals surface area contributed by atoms with Crippen LogP contribution < -0.4 is 9.47 Å². The molecule has 6 aromatic rings. The molecule has 0 radical (unpaired) electrons. The van der Waals surface area contributed by atoms with Crippen molar-refractivity contribution in [1.82, 2.24) is 15.0 Å². The van der Waals surface area contributed by atoms with Crippen LogP contribution >= 0.6 is 0 Å². The Hall–Kier alpha value is -4.77. The molecule has 0 atom stereocenters. The first kappa shape index (κ1) is 18.8. The van der Waals surface area contributed by atoms with Crippen LogP contribution in [-0.4, -0.2) is 15.0 Å². The van der Waals surface area contributed by atoms with Crippen molar-refractivity contribution in [2.45, 2.75) is 0 Å². The molecule has 0 fully saturated rings. The maximum Gasteiger partial charge on any atom is 0.284 e. The number of nitrogens with zero attached hydrogens (tertiary/aromatic N) is 3. The SMILES string of the molecule is c1ccc2nc3c(nc2c1)Oc1ccc(-c2ccc(-c4ccncc4)c4ccccc24)cc1O3. The molecule has 3 heterocycles. The molecule has 2 aromatic heterocycles. The van der Waals surface area contributed by atoms with Gasteiger partial charge in [-0.15, -0.1) is 0 Å². The van der Waals surface area contributed by atoms with Crippen LogP contribution in [0.1, 0.15) is 0 Å². The second-order valence-electron chi connectivity index (χ2n) is 8.13. The third kappa shape index (κ3) is 2.98. The lowest BCUT2D eigenvalue weighted by atomic mass is 9.92. The maximum atomic E-state index is 6.15. The molecular formula is C29H17N3O2. The number of para-hydroxylation sites is 2. The molecule has 7 rings (SSSR count). The lowest BCUT2D eigenvalue weighted by Crippen LogP contribution is -2.03. The minimum Gasteiger partial charge on any atom is -0.431 e. The molecule has 0 bridgehead atoms. The van der Waals surface area contributed by atoms with Crippen molar-refractivity contribution in [3.05, 3.63) is 103 Å². The van der Waals surface area contributed by atoms with E-state index in [1.165, 1.54) is 16.3 Å². The molecule has 4 aromatic carbocycles. The Morgan fingerprint density at radius 3 is 1.76 bits per heavy atom. The Bertz CT molecular complexity index is 1710. The number of hydrogen-bond donors (Lipinski definition) is 0. The normalized spacial score (nSPS) is 12.0. The number of ether oxygens (including phenoxy) is 2. The molecule has 0 spiro atoms. The Kier molecular flexibility index (Phi) is 4.08. The van der Waals surface area contributed by atoms with E-state index < -0.39 is 0 Å². The zero-order chi connectivity index (χ0) is 22.5. The van der Waals surface area contributed by atoms with Gasteiger partial charge in [0.2, 0.25) is 0 Å². The molecule has 0 saturated carbocycles. The van der Waals surface area contributed by atoms with Gasteiger partial charge in [-0.3, -0.25) is 4.98 Å². The molecule has 0 N–H and O–H groups in total. The highest BCUT2D eigenvalue weighted by Gasteiger charge is 2.23. The van der Waals surface area contributed by atoms with E-state index in [2.05, 4.69) is 57.4 Å². The van der Waals surface area contributed by atoms with Crippen molar-refractivity contribution in [1.29, 1.82) is 0 Å². The smallest absolute Gasteiger partial charge is 0.284 e. The molecule has 0 saturated heterocycles. The van der Waals surface area contributed by atoms with Crippen molar-refractivity contribution >= 4 is 21.8 Å². The van der Waals surface area contributed by atoms with Crippen LogP contribution in [0.15, 0.2) is 103 Å². The summed E-state index contributed by atoms with van der Waals surface area (Å²) >= 11 is 0. The average Bonchev–Trinajstić information content (AvgIpc) is 2.90. The first-order chi connectivity index (χ1) is 16.8. The summed E-state index contributed by atoms with van der Waals surface area (Å²) < 4.78 is 12.2. The maximum absolute atomic E-state index is 6.15. The summed E-state index contributed by atoms with van der Waals surface area (Å²) in [4.78, 5) is 13.3. The monoisotopic (exact) mass is 439 g/mol. The van der Waals surface area contributed by atoms with Gasteiger partial charge in [0.25, 0.3) is 11.8 Å². The Labute approximate surface area is 195 Å². The van der Waals surface area contributed by atoms with Gasteiger partial charge in [-0.1, -0.05) is 54.6 Å². The van der Waals surface area contributed by atoms with Gasteiger partial charge in [-0.05, 0) is 69.4 Å². The van der Waals surface area contributed by atoms with E-state index in [1.54, 1.807) is 0 Å². The molecule has 0 unspecified atom stereocenters. The van der Waals surface area contributed by atoms with E-state index in [1.807, 2.05) is 60.9 Å². The first-order valence-corrected chi connectivity index (χ1v) is 11.0. The highest BCUT2D eigenvalue weighted by molar-refractivity contribution is 6.05. The average molecular weight is 439 g/mol. The third-order valence-corrected chi connectivity index (χ3v) is 6.09. The zero-order valence-electron chi connectivity index (χ0n) is 18.0. The predicted octanol–water partition coefficient (Wildman–Crippen LogP) is 7.41. The summed E-state index contributed by atoms with van der Waals surface area (Å²) in [5.41, 5.74) is 6.01. The van der Waals surface area contributed by atoms with E-state index in [-0.39, 0.29) is 0 Å². The minimum atomic E-state index is 0.376. The van der Waals surface area contributed by atoms with E-state index in [0.29, 0.717) is 23.3 Å². The van der Waals surface area contributed by atoms with Crippen molar-refractivity contribution in [2.75, 3.05) is 0 Å². The highest BCUT2D eigenvalue weighted by atomic mass is 16.6. The van der Waals surface area contributed by atoms with E-state index in [4.69, 9.17) is 9.47 Å². The van der Waals surface area contributed by atoms with Crippen molar-refractivity contribution in [3.63, 3.8) is 0 Å².